The summed E-state index contributed by atoms with van der Waals surface area (Å²) < 4.78 is 1.09. The van der Waals surface area contributed by atoms with E-state index in [1.807, 2.05) is 12.2 Å². The molecule has 2 unspecified atom stereocenters. The fourth-order valence-corrected chi connectivity index (χ4v) is 7.17. The van der Waals surface area contributed by atoms with Gasteiger partial charge in [-0.25, -0.2) is 14.6 Å². The van der Waals surface area contributed by atoms with Gasteiger partial charge in [0.2, 0.25) is 5.16 Å². The number of nitrogens with two attached hydrogens (primary N) is 1. The minimum absolute atomic E-state index is 0.0749. The summed E-state index contributed by atoms with van der Waals surface area (Å²) in [5.74, 6) is -3.68. The molecule has 21 heteroatoms. The zero-order valence-electron chi connectivity index (χ0n) is 22.6. The van der Waals surface area contributed by atoms with E-state index in [-0.39, 0.29) is 50.7 Å². The van der Waals surface area contributed by atoms with Crippen LogP contribution in [0.4, 0.5) is 5.13 Å². The summed E-state index contributed by atoms with van der Waals surface area (Å²) in [6.45, 7) is 0. The van der Waals surface area contributed by atoms with Crippen molar-refractivity contribution >= 4 is 75.7 Å². The molecule has 2 aromatic heterocycles. The SMILES string of the molecule is CONC(=Cn1nnnc1SCC1=C(C(=O)O)N2C(=O)C(NC(=O)C(=NOC3C=CCC3)c3csc(N)n3)[C@@H]2SC1)C(=O)O. The maximum atomic E-state index is 13.3. The third kappa shape index (κ3) is 6.54. The summed E-state index contributed by atoms with van der Waals surface area (Å²) >= 11 is 3.42. The molecule has 2 aliphatic heterocycles. The number of β-lactam (4-membered cyclic amide) rings is 1. The van der Waals surface area contributed by atoms with Crippen LogP contribution in [-0.4, -0.2) is 106 Å². The number of thioether (sulfide) groups is 2. The molecule has 4 heterocycles. The van der Waals surface area contributed by atoms with Crippen molar-refractivity contribution < 1.29 is 39.1 Å². The van der Waals surface area contributed by atoms with Crippen LogP contribution in [0.15, 0.2) is 44.8 Å². The Morgan fingerprint density at radius 3 is 2.82 bits per heavy atom. The molecular formula is C23H24N10O8S3. The highest BCUT2D eigenvalue weighted by Gasteiger charge is 2.54. The molecule has 1 fully saturated rings. The van der Waals surface area contributed by atoms with E-state index in [4.69, 9.17) is 10.6 Å². The number of nitrogens with zero attached hydrogens (tertiary/aromatic N) is 7. The molecule has 5 rings (SSSR count). The Bertz CT molecular complexity index is 1600. The second-order valence-corrected chi connectivity index (χ2v) is 12.1. The van der Waals surface area contributed by atoms with Crippen LogP contribution in [0.2, 0.25) is 0 Å². The van der Waals surface area contributed by atoms with Crippen molar-refractivity contribution in [3.05, 3.63) is 40.2 Å². The minimum atomic E-state index is -1.32. The predicted octanol–water partition coefficient (Wildman–Crippen LogP) is -0.284. The summed E-state index contributed by atoms with van der Waals surface area (Å²) in [5, 5.41) is 38.3. The number of aromatic nitrogens is 5. The molecule has 0 saturated carbocycles. The number of carbonyl (C=O) groups is 4. The molecule has 0 bridgehead atoms. The van der Waals surface area contributed by atoms with Crippen molar-refractivity contribution in [2.75, 3.05) is 24.3 Å². The first-order chi connectivity index (χ1) is 21.2. The summed E-state index contributed by atoms with van der Waals surface area (Å²) in [5.41, 5.74) is 7.82. The van der Waals surface area contributed by atoms with E-state index < -0.39 is 35.2 Å². The maximum absolute atomic E-state index is 13.3. The van der Waals surface area contributed by atoms with Gasteiger partial charge in [-0.15, -0.1) is 28.2 Å². The van der Waals surface area contributed by atoms with Crippen LogP contribution in [-0.2, 0) is 28.9 Å². The van der Waals surface area contributed by atoms with Gasteiger partial charge in [-0.3, -0.25) is 24.8 Å². The number of tetrazole rings is 1. The fourth-order valence-electron chi connectivity index (χ4n) is 4.29. The zero-order valence-corrected chi connectivity index (χ0v) is 25.1. The van der Waals surface area contributed by atoms with Crippen molar-refractivity contribution in [1.29, 1.82) is 0 Å². The lowest BCUT2D eigenvalue weighted by molar-refractivity contribution is -0.150. The summed E-state index contributed by atoms with van der Waals surface area (Å²) in [4.78, 5) is 65.6. The Hall–Kier alpha value is -4.47. The quantitative estimate of drug-likeness (QED) is 0.0461. The summed E-state index contributed by atoms with van der Waals surface area (Å²) in [6, 6.07) is -1.02. The van der Waals surface area contributed by atoms with E-state index >= 15 is 0 Å². The molecule has 44 heavy (non-hydrogen) atoms. The number of amides is 2. The number of fused-ring (bicyclic) bond motifs is 1. The molecule has 232 valence electrons. The highest BCUT2D eigenvalue weighted by Crippen LogP contribution is 2.41. The molecule has 1 aliphatic carbocycles. The molecule has 3 aliphatic rings. The number of oxime groups is 1. The van der Waals surface area contributed by atoms with Crippen molar-refractivity contribution in [2.45, 2.75) is 35.5 Å². The second-order valence-electron chi connectivity index (χ2n) is 9.13. The fraction of sp³-hybridized carbons (Fsp3) is 0.348. The summed E-state index contributed by atoms with van der Waals surface area (Å²) in [6.07, 6.45) is 6.09. The van der Waals surface area contributed by atoms with E-state index in [2.05, 4.69) is 41.3 Å². The zero-order chi connectivity index (χ0) is 31.4. The van der Waals surface area contributed by atoms with Gasteiger partial charge in [-0.1, -0.05) is 23.0 Å². The predicted molar refractivity (Wildman–Crippen MR) is 157 cm³/mol. The van der Waals surface area contributed by atoms with Gasteiger partial charge in [0.15, 0.2) is 16.5 Å². The molecule has 2 amide bonds. The Kier molecular flexibility index (Phi) is 9.46. The van der Waals surface area contributed by atoms with Gasteiger partial charge < -0.3 is 26.1 Å². The van der Waals surface area contributed by atoms with Gasteiger partial charge in [0.25, 0.3) is 11.8 Å². The summed E-state index contributed by atoms with van der Waals surface area (Å²) in [7, 11) is 1.24. The Morgan fingerprint density at radius 1 is 1.34 bits per heavy atom. The third-order valence-corrected chi connectivity index (χ3v) is 9.33. The Labute approximate surface area is 260 Å². The molecule has 0 aromatic carbocycles. The van der Waals surface area contributed by atoms with Crippen LogP contribution in [0.5, 0.6) is 0 Å². The molecule has 0 spiro atoms. The number of hydrogen-bond acceptors (Lipinski definition) is 16. The average Bonchev–Trinajstić information content (AvgIpc) is 3.77. The van der Waals surface area contributed by atoms with Crippen molar-refractivity contribution in [3.63, 3.8) is 0 Å². The average molecular weight is 665 g/mol. The van der Waals surface area contributed by atoms with Gasteiger partial charge in [0, 0.05) is 16.9 Å². The number of nitrogen functional groups attached to an aromatic ring is 1. The molecular weight excluding hydrogens is 641 g/mol. The van der Waals surface area contributed by atoms with Crippen molar-refractivity contribution in [2.24, 2.45) is 5.16 Å². The minimum Gasteiger partial charge on any atom is -0.477 e. The number of hydrogen-bond donors (Lipinski definition) is 5. The molecule has 3 atom stereocenters. The molecule has 18 nitrogen and oxygen atoms in total. The van der Waals surface area contributed by atoms with Gasteiger partial charge in [0.1, 0.15) is 28.9 Å². The van der Waals surface area contributed by atoms with Gasteiger partial charge in [0.05, 0.1) is 13.3 Å². The number of anilines is 1. The number of hydroxylamine groups is 1. The van der Waals surface area contributed by atoms with Crippen LogP contribution in [0.1, 0.15) is 18.5 Å². The number of aliphatic carboxylic acids is 2. The second kappa shape index (κ2) is 13.4. The first-order valence-electron chi connectivity index (χ1n) is 12.6. The highest BCUT2D eigenvalue weighted by molar-refractivity contribution is 8.01. The highest BCUT2D eigenvalue weighted by atomic mass is 32.2. The maximum Gasteiger partial charge on any atom is 0.355 e. The van der Waals surface area contributed by atoms with Crippen molar-refractivity contribution in [1.82, 2.24) is 40.9 Å². The van der Waals surface area contributed by atoms with Crippen LogP contribution in [0, 0.1) is 0 Å². The van der Waals surface area contributed by atoms with E-state index in [0.717, 1.165) is 45.3 Å². The lowest BCUT2D eigenvalue weighted by Gasteiger charge is -2.49. The van der Waals surface area contributed by atoms with Gasteiger partial charge >= 0.3 is 11.9 Å². The number of allylic oxidation sites excluding steroid dienone is 1. The number of rotatable bonds is 13. The van der Waals surface area contributed by atoms with E-state index in [1.165, 1.54) is 18.9 Å². The van der Waals surface area contributed by atoms with Crippen LogP contribution in [0.25, 0.3) is 6.20 Å². The molecule has 1 saturated heterocycles. The monoisotopic (exact) mass is 664 g/mol. The van der Waals surface area contributed by atoms with Crippen LogP contribution < -0.4 is 16.5 Å². The van der Waals surface area contributed by atoms with Crippen LogP contribution in [0.3, 0.4) is 0 Å². The Morgan fingerprint density at radius 2 is 2.16 bits per heavy atom. The largest absolute Gasteiger partial charge is 0.477 e. The molecule has 6 N–H and O–H groups in total. The topological polar surface area (TPSA) is 249 Å². The molecule has 0 radical (unpaired) electrons. The standard InChI is InChI=1S/C23H24N10O8S3/c1-40-28-12(20(36)37)6-32-23(27-30-31-32)44-8-10-7-42-19-15(18(35)33(19)16(10)21(38)39)26-17(34)14(13-9-43-22(24)25-13)29-41-11-4-2-3-5-11/h2,4,6,9,11,15,19,28H,3,5,7-8H2,1H3,(H2,24,25)(H,26,34)(H,36,37)(H,38,39)/t11?,15?,19-/m0/s1. The molecule has 2 aromatic rings. The van der Waals surface area contributed by atoms with E-state index in [0.29, 0.717) is 12.0 Å². The lowest BCUT2D eigenvalue weighted by Crippen LogP contribution is -2.71. The lowest BCUT2D eigenvalue weighted by atomic mass is 10.0. The van der Waals surface area contributed by atoms with Gasteiger partial charge in [-0.05, 0) is 34.9 Å². The first kappa shape index (κ1) is 31.0. The van der Waals surface area contributed by atoms with E-state index in [1.54, 1.807) is 5.38 Å². The van der Waals surface area contributed by atoms with Gasteiger partial charge in [-0.2, -0.15) is 4.68 Å². The van der Waals surface area contributed by atoms with E-state index in [9.17, 15) is 29.4 Å². The first-order valence-corrected chi connectivity index (χ1v) is 15.6. The Balaban J connectivity index is 1.29. The normalized spacial score (nSPS) is 21.6. The number of thiazole rings is 1. The number of carboxylic acids is 2. The van der Waals surface area contributed by atoms with Crippen LogP contribution >= 0.6 is 34.9 Å². The van der Waals surface area contributed by atoms with Crippen molar-refractivity contribution in [3.8, 4) is 0 Å². The number of nitrogens with one attached hydrogen (secondary N) is 2. The number of carbonyl (C=O) groups excluding carboxylic acids is 2. The smallest absolute Gasteiger partial charge is 0.355 e. The number of carboxylic acid groups (broad SMARTS) is 2. The third-order valence-electron chi connectivity index (χ3n) is 6.30.